The lowest BCUT2D eigenvalue weighted by atomic mass is 10.2. The molecule has 0 spiro atoms. The maximum Gasteiger partial charge on any atom is 0.253 e. The molecule has 0 radical (unpaired) electrons. The second-order valence-corrected chi connectivity index (χ2v) is 4.09. The Morgan fingerprint density at radius 1 is 1.53 bits per heavy atom. The number of H-pyrrole nitrogens is 1. The number of aromatic nitrogens is 1. The molecule has 5 nitrogen and oxygen atoms in total. The molecule has 0 aliphatic carbocycles. The van der Waals surface area contributed by atoms with Gasteiger partial charge in [-0.15, -0.1) is 0 Å². The van der Waals surface area contributed by atoms with Crippen molar-refractivity contribution >= 4 is 5.91 Å². The van der Waals surface area contributed by atoms with Gasteiger partial charge in [-0.2, -0.15) is 0 Å². The topological polar surface area (TPSA) is 62.4 Å². The number of hydrogen-bond acceptors (Lipinski definition) is 3. The highest BCUT2D eigenvalue weighted by molar-refractivity contribution is 5.93. The third-order valence-electron chi connectivity index (χ3n) is 2.25. The summed E-state index contributed by atoms with van der Waals surface area (Å²) in [5.41, 5.74) is 0.114. The van der Waals surface area contributed by atoms with Crippen LogP contribution < -0.4 is 5.56 Å². The van der Waals surface area contributed by atoms with Crippen LogP contribution in [-0.2, 0) is 4.74 Å². The normalized spacial score (nSPS) is 10.6. The smallest absolute Gasteiger partial charge is 0.253 e. The zero-order valence-corrected chi connectivity index (χ0v) is 10.4. The summed E-state index contributed by atoms with van der Waals surface area (Å²) in [6.07, 6.45) is 1.62. The molecule has 1 N–H and O–H groups in total. The van der Waals surface area contributed by atoms with Gasteiger partial charge in [0, 0.05) is 31.4 Å². The second kappa shape index (κ2) is 6.20. The first-order valence-electron chi connectivity index (χ1n) is 5.56. The molecule has 1 amide bonds. The number of hydrogen-bond donors (Lipinski definition) is 1. The molecule has 1 rings (SSSR count). The van der Waals surface area contributed by atoms with Gasteiger partial charge in [0.25, 0.3) is 5.91 Å². The van der Waals surface area contributed by atoms with Crippen LogP contribution in [0.2, 0.25) is 0 Å². The van der Waals surface area contributed by atoms with E-state index in [-0.39, 0.29) is 17.6 Å². The third kappa shape index (κ3) is 4.40. The van der Waals surface area contributed by atoms with Gasteiger partial charge in [0.05, 0.1) is 12.7 Å². The fraction of sp³-hybridized carbons (Fsp3) is 0.500. The van der Waals surface area contributed by atoms with Gasteiger partial charge < -0.3 is 14.6 Å². The molecule has 5 heteroatoms. The van der Waals surface area contributed by atoms with E-state index < -0.39 is 0 Å². The Bertz CT molecular complexity index is 426. The molecule has 0 unspecified atom stereocenters. The molecule has 1 aromatic heterocycles. The summed E-state index contributed by atoms with van der Waals surface area (Å²) in [5.74, 6) is -0.177. The lowest BCUT2D eigenvalue weighted by molar-refractivity contribution is 0.0532. The van der Waals surface area contributed by atoms with E-state index in [2.05, 4.69) is 4.98 Å². The molecule has 0 saturated carbocycles. The standard InChI is InChI=1S/C12H18N2O3/c1-9(2)17-7-6-14(3)12(16)10-4-5-13-11(15)8-10/h4-5,8-9H,6-7H2,1-3H3,(H,13,15). The number of pyridine rings is 1. The van der Waals surface area contributed by atoms with E-state index in [4.69, 9.17) is 4.74 Å². The number of aromatic amines is 1. The van der Waals surface area contributed by atoms with Gasteiger partial charge in [-0.1, -0.05) is 0 Å². The van der Waals surface area contributed by atoms with Crippen molar-refractivity contribution in [3.8, 4) is 0 Å². The van der Waals surface area contributed by atoms with Gasteiger partial charge in [0.15, 0.2) is 0 Å². The Hall–Kier alpha value is -1.62. The molecular weight excluding hydrogens is 220 g/mol. The number of carbonyl (C=O) groups excluding carboxylic acids is 1. The first-order chi connectivity index (χ1) is 8.00. The maximum atomic E-state index is 11.9. The van der Waals surface area contributed by atoms with Crippen molar-refractivity contribution in [2.45, 2.75) is 20.0 Å². The minimum Gasteiger partial charge on any atom is -0.377 e. The zero-order chi connectivity index (χ0) is 12.8. The van der Waals surface area contributed by atoms with Crippen LogP contribution in [0.5, 0.6) is 0 Å². The molecule has 0 saturated heterocycles. The summed E-state index contributed by atoms with van der Waals surface area (Å²) in [6, 6.07) is 2.88. The van der Waals surface area contributed by atoms with Crippen LogP contribution in [-0.4, -0.2) is 42.1 Å². The lowest BCUT2D eigenvalue weighted by Crippen LogP contribution is -2.31. The molecule has 0 atom stereocenters. The summed E-state index contributed by atoms with van der Waals surface area (Å²) in [7, 11) is 1.69. The van der Waals surface area contributed by atoms with Crippen molar-refractivity contribution in [3.05, 3.63) is 34.2 Å². The SMILES string of the molecule is CC(C)OCCN(C)C(=O)c1cc[nH]c(=O)c1. The quantitative estimate of drug-likeness (QED) is 0.828. The first-order valence-corrected chi connectivity index (χ1v) is 5.56. The Morgan fingerprint density at radius 2 is 2.24 bits per heavy atom. The molecule has 0 aliphatic rings. The van der Waals surface area contributed by atoms with Crippen molar-refractivity contribution in [1.82, 2.24) is 9.88 Å². The first kappa shape index (κ1) is 13.4. The molecule has 0 aliphatic heterocycles. The minimum absolute atomic E-state index is 0.151. The second-order valence-electron chi connectivity index (χ2n) is 4.09. The van der Waals surface area contributed by atoms with Crippen molar-refractivity contribution < 1.29 is 9.53 Å². The molecule has 1 aromatic rings. The van der Waals surface area contributed by atoms with E-state index in [1.165, 1.54) is 17.2 Å². The lowest BCUT2D eigenvalue weighted by Gasteiger charge is -2.17. The van der Waals surface area contributed by atoms with Gasteiger partial charge >= 0.3 is 0 Å². The summed E-state index contributed by atoms with van der Waals surface area (Å²) in [5, 5.41) is 0. The van der Waals surface area contributed by atoms with Gasteiger partial charge in [0.1, 0.15) is 0 Å². The number of carbonyl (C=O) groups is 1. The molecule has 1 heterocycles. The molecular formula is C12H18N2O3. The van der Waals surface area contributed by atoms with Gasteiger partial charge in [0.2, 0.25) is 5.56 Å². The number of likely N-dealkylation sites (N-methyl/N-ethyl adjacent to an activating group) is 1. The van der Waals surface area contributed by atoms with Crippen LogP contribution in [0.25, 0.3) is 0 Å². The van der Waals surface area contributed by atoms with Gasteiger partial charge in [-0.3, -0.25) is 9.59 Å². The highest BCUT2D eigenvalue weighted by Crippen LogP contribution is 1.99. The average Bonchev–Trinajstić information content (AvgIpc) is 2.27. The number of amides is 1. The molecule has 0 fully saturated rings. The van der Waals surface area contributed by atoms with Gasteiger partial charge in [-0.05, 0) is 19.9 Å². The van der Waals surface area contributed by atoms with E-state index >= 15 is 0 Å². The zero-order valence-electron chi connectivity index (χ0n) is 10.4. The fourth-order valence-corrected chi connectivity index (χ4v) is 1.32. The Kier molecular flexibility index (Phi) is 4.90. The van der Waals surface area contributed by atoms with Crippen LogP contribution in [0.1, 0.15) is 24.2 Å². The Morgan fingerprint density at radius 3 is 2.82 bits per heavy atom. The van der Waals surface area contributed by atoms with Crippen molar-refractivity contribution in [1.29, 1.82) is 0 Å². The molecule has 0 bridgehead atoms. The van der Waals surface area contributed by atoms with Crippen molar-refractivity contribution in [2.75, 3.05) is 20.2 Å². The van der Waals surface area contributed by atoms with E-state index in [1.807, 2.05) is 13.8 Å². The highest BCUT2D eigenvalue weighted by Gasteiger charge is 2.11. The van der Waals surface area contributed by atoms with E-state index in [0.29, 0.717) is 18.7 Å². The molecule has 94 valence electrons. The predicted octanol–water partition coefficient (Wildman–Crippen LogP) is 0.872. The van der Waals surface area contributed by atoms with E-state index in [0.717, 1.165) is 0 Å². The average molecular weight is 238 g/mol. The highest BCUT2D eigenvalue weighted by atomic mass is 16.5. The fourth-order valence-electron chi connectivity index (χ4n) is 1.32. The largest absolute Gasteiger partial charge is 0.377 e. The minimum atomic E-state index is -0.275. The van der Waals surface area contributed by atoms with Crippen molar-refractivity contribution in [3.63, 3.8) is 0 Å². The summed E-state index contributed by atoms with van der Waals surface area (Å²) in [6.45, 7) is 4.88. The van der Waals surface area contributed by atoms with Crippen molar-refractivity contribution in [2.24, 2.45) is 0 Å². The maximum absolute atomic E-state index is 11.9. The van der Waals surface area contributed by atoms with Crippen LogP contribution in [0, 0.1) is 0 Å². The number of rotatable bonds is 5. The van der Waals surface area contributed by atoms with Gasteiger partial charge in [-0.25, -0.2) is 0 Å². The van der Waals surface area contributed by atoms with E-state index in [1.54, 1.807) is 13.1 Å². The van der Waals surface area contributed by atoms with Crippen LogP contribution in [0.4, 0.5) is 0 Å². The summed E-state index contributed by atoms with van der Waals surface area (Å²) in [4.78, 5) is 27.0. The number of nitrogens with zero attached hydrogens (tertiary/aromatic N) is 1. The summed E-state index contributed by atoms with van der Waals surface area (Å²) < 4.78 is 5.36. The molecule has 17 heavy (non-hydrogen) atoms. The third-order valence-corrected chi connectivity index (χ3v) is 2.25. The van der Waals surface area contributed by atoms with Crippen LogP contribution >= 0.6 is 0 Å². The number of ether oxygens (including phenoxy) is 1. The summed E-state index contributed by atoms with van der Waals surface area (Å²) >= 11 is 0. The van der Waals surface area contributed by atoms with Crippen LogP contribution in [0.15, 0.2) is 23.1 Å². The number of nitrogens with one attached hydrogen (secondary N) is 1. The Balaban J connectivity index is 2.55. The van der Waals surface area contributed by atoms with Crippen LogP contribution in [0.3, 0.4) is 0 Å². The molecule has 0 aromatic carbocycles. The Labute approximate surface area is 100 Å². The monoisotopic (exact) mass is 238 g/mol. The predicted molar refractivity (Wildman–Crippen MR) is 65.1 cm³/mol. The van der Waals surface area contributed by atoms with E-state index in [9.17, 15) is 9.59 Å².